The lowest BCUT2D eigenvalue weighted by atomic mass is 9.85. The first kappa shape index (κ1) is 19.4. The van der Waals surface area contributed by atoms with Gasteiger partial charge in [0.15, 0.2) is 0 Å². The molecule has 1 saturated heterocycles. The molecule has 158 valence electrons. The maximum absolute atomic E-state index is 13.2. The van der Waals surface area contributed by atoms with Crippen molar-refractivity contribution in [2.45, 2.75) is 6.42 Å². The Morgan fingerprint density at radius 3 is 2.29 bits per heavy atom. The van der Waals surface area contributed by atoms with Gasteiger partial charge in [0.25, 0.3) is 5.91 Å². The largest absolute Gasteiger partial charge is 0.497 e. The number of anilines is 2. The number of ether oxygens (including phenoxy) is 2. The van der Waals surface area contributed by atoms with E-state index in [0.29, 0.717) is 22.9 Å². The molecule has 0 aromatic heterocycles. The SMILES string of the molecule is COc1ccc(NC(=O)c2ccccc2N2C(=O)[C@@H]3[C@@H](C2=O)[C@H]2C=C[C@@H]3C2)c(OC)c1. The molecule has 2 bridgehead atoms. The minimum Gasteiger partial charge on any atom is -0.497 e. The maximum atomic E-state index is 13.2. The third kappa shape index (κ3) is 2.91. The highest BCUT2D eigenvalue weighted by Gasteiger charge is 2.59. The Hall–Kier alpha value is -3.61. The fourth-order valence-electron chi connectivity index (χ4n) is 5.09. The highest BCUT2D eigenvalue weighted by atomic mass is 16.5. The van der Waals surface area contributed by atoms with E-state index in [1.54, 1.807) is 49.6 Å². The Labute approximate surface area is 179 Å². The van der Waals surface area contributed by atoms with Crippen LogP contribution < -0.4 is 19.7 Å². The third-order valence-corrected chi connectivity index (χ3v) is 6.52. The summed E-state index contributed by atoms with van der Waals surface area (Å²) in [5.74, 6) is -0.238. The number of methoxy groups -OCH3 is 2. The molecule has 0 unspecified atom stereocenters. The molecule has 1 aliphatic heterocycles. The lowest BCUT2D eigenvalue weighted by Gasteiger charge is -2.20. The van der Waals surface area contributed by atoms with Gasteiger partial charge in [-0.3, -0.25) is 14.4 Å². The topological polar surface area (TPSA) is 84.9 Å². The smallest absolute Gasteiger partial charge is 0.257 e. The molecule has 3 amide bonds. The molecule has 7 heteroatoms. The molecule has 1 heterocycles. The van der Waals surface area contributed by atoms with E-state index in [0.717, 1.165) is 6.42 Å². The first-order valence-corrected chi connectivity index (χ1v) is 10.2. The Morgan fingerprint density at radius 2 is 1.65 bits per heavy atom. The first-order chi connectivity index (χ1) is 15.0. The summed E-state index contributed by atoms with van der Waals surface area (Å²) in [7, 11) is 3.05. The van der Waals surface area contributed by atoms with E-state index >= 15 is 0 Å². The molecular formula is C24H22N2O5. The number of amides is 3. The number of nitrogens with one attached hydrogen (secondary N) is 1. The van der Waals surface area contributed by atoms with Crippen LogP contribution in [-0.2, 0) is 9.59 Å². The Morgan fingerprint density at radius 1 is 0.968 bits per heavy atom. The van der Waals surface area contributed by atoms with Crippen molar-refractivity contribution in [2.75, 3.05) is 24.4 Å². The number of rotatable bonds is 5. The van der Waals surface area contributed by atoms with Crippen molar-refractivity contribution in [2.24, 2.45) is 23.7 Å². The fourth-order valence-corrected chi connectivity index (χ4v) is 5.09. The molecule has 1 N–H and O–H groups in total. The maximum Gasteiger partial charge on any atom is 0.257 e. The van der Waals surface area contributed by atoms with Gasteiger partial charge in [-0.2, -0.15) is 0 Å². The number of hydrogen-bond donors (Lipinski definition) is 1. The summed E-state index contributed by atoms with van der Waals surface area (Å²) in [4.78, 5) is 40.8. The Bertz CT molecular complexity index is 1090. The second-order valence-electron chi connectivity index (χ2n) is 8.05. The molecule has 1 saturated carbocycles. The van der Waals surface area contributed by atoms with Crippen molar-refractivity contribution in [1.29, 1.82) is 0 Å². The van der Waals surface area contributed by atoms with Crippen LogP contribution in [0.1, 0.15) is 16.8 Å². The molecule has 2 aromatic rings. The van der Waals surface area contributed by atoms with Crippen LogP contribution >= 0.6 is 0 Å². The predicted octanol–water partition coefficient (Wildman–Crippen LogP) is 3.27. The molecule has 2 aromatic carbocycles. The van der Waals surface area contributed by atoms with Crippen molar-refractivity contribution < 1.29 is 23.9 Å². The molecule has 0 radical (unpaired) electrons. The molecule has 31 heavy (non-hydrogen) atoms. The Balaban J connectivity index is 1.46. The van der Waals surface area contributed by atoms with Gasteiger partial charge in [0, 0.05) is 6.07 Å². The van der Waals surface area contributed by atoms with Crippen LogP contribution in [0.4, 0.5) is 11.4 Å². The van der Waals surface area contributed by atoms with Crippen molar-refractivity contribution in [1.82, 2.24) is 0 Å². The van der Waals surface area contributed by atoms with Gasteiger partial charge < -0.3 is 14.8 Å². The molecule has 5 rings (SSSR count). The summed E-state index contributed by atoms with van der Waals surface area (Å²) in [5.41, 5.74) is 1.03. The molecule has 3 aliphatic rings. The quantitative estimate of drug-likeness (QED) is 0.595. The van der Waals surface area contributed by atoms with E-state index in [1.807, 2.05) is 0 Å². The van der Waals surface area contributed by atoms with Gasteiger partial charge >= 0.3 is 0 Å². The number of hydrogen-bond acceptors (Lipinski definition) is 5. The Kier molecular flexibility index (Phi) is 4.54. The number of carbonyl (C=O) groups excluding carboxylic acids is 3. The number of para-hydroxylation sites is 1. The number of benzene rings is 2. The van der Waals surface area contributed by atoms with Gasteiger partial charge in [-0.15, -0.1) is 0 Å². The van der Waals surface area contributed by atoms with Crippen LogP contribution in [0, 0.1) is 23.7 Å². The summed E-state index contributed by atoms with van der Waals surface area (Å²) in [6, 6.07) is 11.7. The van der Waals surface area contributed by atoms with Gasteiger partial charge in [-0.05, 0) is 42.5 Å². The number of nitrogens with zero attached hydrogens (tertiary/aromatic N) is 1. The van der Waals surface area contributed by atoms with Gasteiger partial charge in [-0.25, -0.2) is 4.90 Å². The van der Waals surface area contributed by atoms with Crippen LogP contribution in [0.5, 0.6) is 11.5 Å². The molecule has 4 atom stereocenters. The number of allylic oxidation sites excluding steroid dienone is 2. The van der Waals surface area contributed by atoms with Crippen LogP contribution in [0.2, 0.25) is 0 Å². The van der Waals surface area contributed by atoms with E-state index in [9.17, 15) is 14.4 Å². The minimum absolute atomic E-state index is 0.112. The highest BCUT2D eigenvalue weighted by Crippen LogP contribution is 2.53. The van der Waals surface area contributed by atoms with Gasteiger partial charge in [-0.1, -0.05) is 24.3 Å². The van der Waals surface area contributed by atoms with Crippen LogP contribution in [-0.4, -0.2) is 31.9 Å². The van der Waals surface area contributed by atoms with Crippen LogP contribution in [0.25, 0.3) is 0 Å². The second kappa shape index (κ2) is 7.27. The van der Waals surface area contributed by atoms with Gasteiger partial charge in [0.2, 0.25) is 11.8 Å². The monoisotopic (exact) mass is 418 g/mol. The third-order valence-electron chi connectivity index (χ3n) is 6.52. The average molecular weight is 418 g/mol. The zero-order valence-electron chi connectivity index (χ0n) is 17.2. The van der Waals surface area contributed by atoms with Crippen molar-refractivity contribution in [3.05, 3.63) is 60.2 Å². The van der Waals surface area contributed by atoms with E-state index < -0.39 is 5.91 Å². The van der Waals surface area contributed by atoms with E-state index in [1.165, 1.54) is 12.0 Å². The fraction of sp³-hybridized carbons (Fsp3) is 0.292. The molecule has 0 spiro atoms. The molecular weight excluding hydrogens is 396 g/mol. The summed E-state index contributed by atoms with van der Waals surface area (Å²) in [6.07, 6.45) is 4.96. The van der Waals surface area contributed by atoms with E-state index in [4.69, 9.17) is 9.47 Å². The van der Waals surface area contributed by atoms with Crippen molar-refractivity contribution in [3.63, 3.8) is 0 Å². The lowest BCUT2D eigenvalue weighted by molar-refractivity contribution is -0.123. The average Bonchev–Trinajstić information content (AvgIpc) is 3.47. The van der Waals surface area contributed by atoms with Crippen molar-refractivity contribution >= 4 is 29.1 Å². The van der Waals surface area contributed by atoms with Crippen LogP contribution in [0.3, 0.4) is 0 Å². The second-order valence-corrected chi connectivity index (χ2v) is 8.05. The van der Waals surface area contributed by atoms with Gasteiger partial charge in [0.05, 0.1) is 43.0 Å². The summed E-state index contributed by atoms with van der Waals surface area (Å²) in [6.45, 7) is 0. The lowest BCUT2D eigenvalue weighted by Crippen LogP contribution is -2.34. The summed E-state index contributed by atoms with van der Waals surface area (Å²) >= 11 is 0. The predicted molar refractivity (Wildman–Crippen MR) is 114 cm³/mol. The standard InChI is InChI=1S/C24H22N2O5/c1-30-15-9-10-17(19(12-15)31-2)25-22(27)16-5-3-4-6-18(16)26-23(28)20-13-7-8-14(11-13)21(20)24(26)29/h3-10,12-14,20-21H,11H2,1-2H3,(H,25,27)/t13-,14+,20-,21-/m0/s1. The minimum atomic E-state index is -0.433. The zero-order chi connectivity index (χ0) is 21.7. The zero-order valence-corrected chi connectivity index (χ0v) is 17.2. The number of fused-ring (bicyclic) bond motifs is 5. The normalized spacial score (nSPS) is 25.7. The van der Waals surface area contributed by atoms with E-state index in [-0.39, 0.29) is 41.0 Å². The summed E-state index contributed by atoms with van der Waals surface area (Å²) < 4.78 is 10.5. The summed E-state index contributed by atoms with van der Waals surface area (Å²) in [5, 5.41) is 2.82. The first-order valence-electron chi connectivity index (χ1n) is 10.2. The molecule has 2 aliphatic carbocycles. The van der Waals surface area contributed by atoms with Crippen molar-refractivity contribution in [3.8, 4) is 11.5 Å². The highest BCUT2D eigenvalue weighted by molar-refractivity contribution is 6.25. The number of carbonyl (C=O) groups is 3. The van der Waals surface area contributed by atoms with Gasteiger partial charge in [0.1, 0.15) is 11.5 Å². The van der Waals surface area contributed by atoms with E-state index in [2.05, 4.69) is 17.5 Å². The molecule has 7 nitrogen and oxygen atoms in total. The van der Waals surface area contributed by atoms with Crippen LogP contribution in [0.15, 0.2) is 54.6 Å². The number of imide groups is 1. The molecule has 2 fully saturated rings.